The van der Waals surface area contributed by atoms with Gasteiger partial charge < -0.3 is 35.1 Å². The summed E-state index contributed by atoms with van der Waals surface area (Å²) in [5, 5.41) is 45.3. The maximum absolute atomic E-state index is 13.0. The Morgan fingerprint density at radius 3 is 2.02 bits per heavy atom. The predicted octanol–water partition coefficient (Wildman–Crippen LogP) is 8.13. The maximum atomic E-state index is 13.0. The molecular weight excluding hydrogens is 719 g/mol. The highest BCUT2D eigenvalue weighted by molar-refractivity contribution is 7.47. The number of carbonyl (C=O) groups is 1. The van der Waals surface area contributed by atoms with E-state index in [0.717, 1.165) is 64.2 Å². The van der Waals surface area contributed by atoms with E-state index in [1.165, 1.54) is 57.8 Å². The summed E-state index contributed by atoms with van der Waals surface area (Å²) in [5.74, 6) is -0.526. The Bertz CT molecular complexity index is 1070. The molecule has 8 atom stereocenters. The largest absolute Gasteiger partial charge is 0.472 e. The van der Waals surface area contributed by atoms with Gasteiger partial charge in [-0.05, 0) is 38.0 Å². The van der Waals surface area contributed by atoms with Gasteiger partial charge in [-0.3, -0.25) is 13.8 Å². The van der Waals surface area contributed by atoms with Crippen LogP contribution in [0.4, 0.5) is 0 Å². The third kappa shape index (κ3) is 27.2. The topological polar surface area (TPSA) is 166 Å². The molecule has 1 aliphatic rings. The van der Waals surface area contributed by atoms with Crippen LogP contribution in [-0.2, 0) is 18.4 Å². The normalized spacial score (nSPS) is 22.0. The number of rotatable bonds is 35. The second kappa shape index (κ2) is 30.9. The van der Waals surface area contributed by atoms with Gasteiger partial charge in [-0.15, -0.1) is 0 Å². The van der Waals surface area contributed by atoms with E-state index in [-0.39, 0.29) is 37.4 Å². The lowest BCUT2D eigenvalue weighted by molar-refractivity contribution is -0.870. The average Bonchev–Trinajstić information content (AvgIpc) is 3.39. The lowest BCUT2D eigenvalue weighted by atomic mass is 9.88. The molecule has 1 unspecified atom stereocenters. The van der Waals surface area contributed by atoms with Crippen molar-refractivity contribution in [2.75, 3.05) is 40.9 Å². The number of phosphoric ester groups is 1. The molecule has 1 saturated carbocycles. The van der Waals surface area contributed by atoms with Crippen LogP contribution in [-0.4, -0.2) is 107 Å². The van der Waals surface area contributed by atoms with Gasteiger partial charge in [0.15, 0.2) is 0 Å². The van der Waals surface area contributed by atoms with Gasteiger partial charge in [0.2, 0.25) is 5.91 Å². The number of amides is 1. The summed E-state index contributed by atoms with van der Waals surface area (Å²) < 4.78 is 23.5. The Balaban J connectivity index is 2.55. The number of phosphoric acid groups is 1. The van der Waals surface area contributed by atoms with Crippen LogP contribution >= 0.6 is 7.82 Å². The zero-order chi connectivity index (χ0) is 41.0. The second-order valence-electron chi connectivity index (χ2n) is 17.0. The summed E-state index contributed by atoms with van der Waals surface area (Å²) in [6.45, 7) is 4.51. The van der Waals surface area contributed by atoms with Crippen LogP contribution in [0.2, 0.25) is 0 Å². The van der Waals surface area contributed by atoms with Gasteiger partial charge in [-0.25, -0.2) is 4.57 Å². The molecular formula is C43H84N2O9P+. The Labute approximate surface area is 335 Å². The minimum atomic E-state index is -4.39. The van der Waals surface area contributed by atoms with Crippen LogP contribution in [0.15, 0.2) is 24.3 Å². The Morgan fingerprint density at radius 1 is 0.800 bits per heavy atom. The van der Waals surface area contributed by atoms with Crippen molar-refractivity contribution >= 4 is 13.7 Å². The number of allylic oxidation sites excluding steroid dienone is 1. The van der Waals surface area contributed by atoms with Crippen LogP contribution in [0.3, 0.4) is 0 Å². The predicted molar refractivity (Wildman–Crippen MR) is 223 cm³/mol. The summed E-state index contributed by atoms with van der Waals surface area (Å²) in [4.78, 5) is 23.2. The molecule has 11 nitrogen and oxygen atoms in total. The third-order valence-electron chi connectivity index (χ3n) is 10.8. The lowest BCUT2D eigenvalue weighted by Crippen LogP contribution is -2.45. The number of likely N-dealkylation sites (N-methyl/N-ethyl adjacent to an activating group) is 1. The summed E-state index contributed by atoms with van der Waals surface area (Å²) in [6.07, 6.45) is 27.3. The summed E-state index contributed by atoms with van der Waals surface area (Å²) in [7, 11) is 1.44. The molecule has 324 valence electrons. The molecule has 1 rings (SSSR count). The first-order chi connectivity index (χ1) is 26.2. The molecule has 0 aromatic rings. The number of aliphatic hydroxyl groups is 4. The van der Waals surface area contributed by atoms with Gasteiger partial charge in [-0.2, -0.15) is 0 Å². The summed E-state index contributed by atoms with van der Waals surface area (Å²) in [6, 6.07) is -0.922. The van der Waals surface area contributed by atoms with Crippen LogP contribution < -0.4 is 5.32 Å². The van der Waals surface area contributed by atoms with Gasteiger partial charge in [0.05, 0.1) is 58.2 Å². The van der Waals surface area contributed by atoms with E-state index in [0.29, 0.717) is 30.3 Å². The average molecular weight is 804 g/mol. The fourth-order valence-corrected chi connectivity index (χ4v) is 7.93. The SMILES string of the molecule is CCCCCCCCCCCCC/C=C/[C@@H](O)[C@H](COP(=O)(O)OCC[N+](C)(C)C)NC(=O)CCCCCC[C@@H]1[C@@H](/C=C/[C@@H](O)CCCCC)[C@H](O)C[C@@H]1O. The van der Waals surface area contributed by atoms with Gasteiger partial charge >= 0.3 is 7.82 Å². The van der Waals surface area contributed by atoms with E-state index < -0.39 is 38.3 Å². The molecule has 6 N–H and O–H groups in total. The van der Waals surface area contributed by atoms with Crippen LogP contribution in [0.5, 0.6) is 0 Å². The molecule has 0 heterocycles. The summed E-state index contributed by atoms with van der Waals surface area (Å²) in [5.41, 5.74) is 0. The molecule has 12 heteroatoms. The Kier molecular flexibility index (Phi) is 29.1. The van der Waals surface area contributed by atoms with Crippen LogP contribution in [0.25, 0.3) is 0 Å². The number of carbonyl (C=O) groups excluding carboxylic acids is 1. The van der Waals surface area contributed by atoms with E-state index in [1.807, 2.05) is 33.3 Å². The number of hydrogen-bond acceptors (Lipinski definition) is 8. The van der Waals surface area contributed by atoms with E-state index in [9.17, 15) is 34.7 Å². The van der Waals surface area contributed by atoms with Crippen molar-refractivity contribution < 1.29 is 48.2 Å². The molecule has 0 bridgehead atoms. The first kappa shape index (κ1) is 51.9. The molecule has 0 aromatic heterocycles. The second-order valence-corrected chi connectivity index (χ2v) is 18.5. The van der Waals surface area contributed by atoms with Gasteiger partial charge in [-0.1, -0.05) is 141 Å². The summed E-state index contributed by atoms with van der Waals surface area (Å²) >= 11 is 0. The standard InChI is InChI=1S/C43H83N2O9P/c1-6-8-10-11-12-13-14-15-16-17-18-19-24-28-40(47)39(35-54-55(51,52)53-33-32-45(3,4)5)44-43(50)29-25-21-20-23-27-37-38(42(49)34-41(37)48)31-30-36(46)26-22-9-7-2/h24,28,30-31,36-42,46-49H,6-23,25-27,29,32-35H2,1-5H3,(H-,44,50,51,52)/p+1/b28-24+,31-30+/t36-,37+,38+,39-,40+,41-,42+/m0/s1. The maximum Gasteiger partial charge on any atom is 0.472 e. The molecule has 0 aromatic carbocycles. The van der Waals surface area contributed by atoms with Crippen molar-refractivity contribution in [2.45, 2.75) is 192 Å². The van der Waals surface area contributed by atoms with E-state index in [1.54, 1.807) is 12.2 Å². The number of nitrogens with zero attached hydrogens (tertiary/aromatic N) is 1. The lowest BCUT2D eigenvalue weighted by Gasteiger charge is -2.25. The molecule has 0 spiro atoms. The molecule has 55 heavy (non-hydrogen) atoms. The quantitative estimate of drug-likeness (QED) is 0.0161. The number of hydrogen-bond donors (Lipinski definition) is 6. The van der Waals surface area contributed by atoms with Crippen LogP contribution in [0.1, 0.15) is 162 Å². The van der Waals surface area contributed by atoms with Crippen LogP contribution in [0, 0.1) is 11.8 Å². The van der Waals surface area contributed by atoms with Crippen molar-refractivity contribution in [1.82, 2.24) is 5.32 Å². The van der Waals surface area contributed by atoms with Gasteiger partial charge in [0.25, 0.3) is 0 Å². The highest BCUT2D eigenvalue weighted by Crippen LogP contribution is 2.43. The fraction of sp³-hybridized carbons (Fsp3) is 0.884. The van der Waals surface area contributed by atoms with Crippen molar-refractivity contribution in [1.29, 1.82) is 0 Å². The number of quaternary nitrogens is 1. The third-order valence-corrected chi connectivity index (χ3v) is 11.8. The number of unbranched alkanes of at least 4 members (excludes halogenated alkanes) is 16. The first-order valence-electron chi connectivity index (χ1n) is 22.0. The highest BCUT2D eigenvalue weighted by Gasteiger charge is 2.39. The molecule has 1 fully saturated rings. The first-order valence-corrected chi connectivity index (χ1v) is 23.5. The molecule has 0 saturated heterocycles. The van der Waals surface area contributed by atoms with E-state index in [4.69, 9.17) is 9.05 Å². The molecule has 0 aliphatic heterocycles. The fourth-order valence-electron chi connectivity index (χ4n) is 7.19. The van der Waals surface area contributed by atoms with Crippen molar-refractivity contribution in [3.05, 3.63) is 24.3 Å². The van der Waals surface area contributed by atoms with E-state index in [2.05, 4.69) is 19.2 Å². The zero-order valence-corrected chi connectivity index (χ0v) is 36.4. The number of nitrogens with one attached hydrogen (secondary N) is 1. The minimum absolute atomic E-state index is 0.0234. The zero-order valence-electron chi connectivity index (χ0n) is 35.5. The van der Waals surface area contributed by atoms with Crippen molar-refractivity contribution in [3.63, 3.8) is 0 Å². The molecule has 0 radical (unpaired) electrons. The van der Waals surface area contributed by atoms with Gasteiger partial charge in [0.1, 0.15) is 13.2 Å². The van der Waals surface area contributed by atoms with Crippen molar-refractivity contribution in [3.8, 4) is 0 Å². The monoisotopic (exact) mass is 804 g/mol. The van der Waals surface area contributed by atoms with Crippen molar-refractivity contribution in [2.24, 2.45) is 11.8 Å². The van der Waals surface area contributed by atoms with Gasteiger partial charge in [0, 0.05) is 18.8 Å². The highest BCUT2D eigenvalue weighted by atomic mass is 31.2. The smallest absolute Gasteiger partial charge is 0.393 e. The van der Waals surface area contributed by atoms with E-state index >= 15 is 0 Å². The Morgan fingerprint density at radius 2 is 1.38 bits per heavy atom. The minimum Gasteiger partial charge on any atom is -0.393 e. The molecule has 1 amide bonds. The number of aliphatic hydroxyl groups excluding tert-OH is 4. The Hall–Kier alpha value is -1.14. The molecule has 1 aliphatic carbocycles.